The molecule has 0 aliphatic heterocycles. The average Bonchev–Trinajstić information content (AvgIpc) is 2.91. The van der Waals surface area contributed by atoms with Crippen LogP contribution in [-0.2, 0) is 0 Å². The van der Waals surface area contributed by atoms with Gasteiger partial charge in [0, 0.05) is 18.1 Å². The number of benzene rings is 2. The first-order valence-electron chi connectivity index (χ1n) is 6.05. The van der Waals surface area contributed by atoms with E-state index in [1.807, 2.05) is 36.4 Å². The summed E-state index contributed by atoms with van der Waals surface area (Å²) in [7, 11) is 0. The Hall–Kier alpha value is -2.14. The Kier molecular flexibility index (Phi) is 3.52. The van der Waals surface area contributed by atoms with Gasteiger partial charge in [0.1, 0.15) is 5.82 Å². The van der Waals surface area contributed by atoms with Crippen molar-refractivity contribution in [1.82, 2.24) is 9.55 Å². The first-order valence-corrected chi connectivity index (χ1v) is 6.84. The molecule has 2 aromatic carbocycles. The number of para-hydroxylation sites is 1. The van der Waals surface area contributed by atoms with E-state index < -0.39 is 0 Å². The quantitative estimate of drug-likeness (QED) is 0.764. The van der Waals surface area contributed by atoms with Crippen LogP contribution in [0.5, 0.6) is 0 Å². The Morgan fingerprint density at radius 1 is 1.10 bits per heavy atom. The molecule has 0 aliphatic carbocycles. The van der Waals surface area contributed by atoms with Crippen LogP contribution in [0.25, 0.3) is 5.69 Å². The molecule has 0 aliphatic rings. The minimum Gasteiger partial charge on any atom is -0.325 e. The molecule has 1 aromatic heterocycles. The number of imidazole rings is 1. The fourth-order valence-corrected chi connectivity index (χ4v) is 2.14. The van der Waals surface area contributed by atoms with E-state index in [9.17, 15) is 4.39 Å². The van der Waals surface area contributed by atoms with Crippen LogP contribution in [0, 0.1) is 5.82 Å². The molecule has 1 heterocycles. The van der Waals surface area contributed by atoms with Gasteiger partial charge in [0.25, 0.3) is 0 Å². The summed E-state index contributed by atoms with van der Waals surface area (Å²) in [5.74, 6) is 0.333. The molecular formula is C15H11BrFN3. The van der Waals surface area contributed by atoms with Crippen molar-refractivity contribution in [2.24, 2.45) is 0 Å². The van der Waals surface area contributed by atoms with Gasteiger partial charge in [0.2, 0.25) is 5.95 Å². The zero-order valence-electron chi connectivity index (χ0n) is 10.4. The zero-order valence-corrected chi connectivity index (χ0v) is 12.0. The second-order valence-electron chi connectivity index (χ2n) is 4.21. The lowest BCUT2D eigenvalue weighted by atomic mass is 10.3. The second kappa shape index (κ2) is 5.46. The Morgan fingerprint density at radius 2 is 1.90 bits per heavy atom. The summed E-state index contributed by atoms with van der Waals surface area (Å²) in [5, 5.41) is 3.20. The van der Waals surface area contributed by atoms with Gasteiger partial charge in [0.15, 0.2) is 0 Å². The van der Waals surface area contributed by atoms with Crippen molar-refractivity contribution in [2.75, 3.05) is 5.32 Å². The predicted molar refractivity (Wildman–Crippen MR) is 80.9 cm³/mol. The molecule has 0 amide bonds. The maximum Gasteiger partial charge on any atom is 0.212 e. The fourth-order valence-electron chi connectivity index (χ4n) is 1.89. The minimum atomic E-state index is -0.304. The molecule has 0 atom stereocenters. The summed E-state index contributed by atoms with van der Waals surface area (Å²) in [6, 6.07) is 14.7. The highest BCUT2D eigenvalue weighted by atomic mass is 79.9. The number of aromatic nitrogens is 2. The molecule has 0 radical (unpaired) electrons. The lowest BCUT2D eigenvalue weighted by Crippen LogP contribution is -2.01. The van der Waals surface area contributed by atoms with Gasteiger partial charge in [-0.15, -0.1) is 0 Å². The molecule has 3 aromatic rings. The van der Waals surface area contributed by atoms with Gasteiger partial charge in [0.05, 0.1) is 10.2 Å². The minimum absolute atomic E-state index is 0.304. The summed E-state index contributed by atoms with van der Waals surface area (Å²) >= 11 is 3.15. The first-order chi connectivity index (χ1) is 9.74. The molecule has 3 rings (SSSR count). The van der Waals surface area contributed by atoms with E-state index in [0.29, 0.717) is 16.1 Å². The maximum atomic E-state index is 13.6. The number of halogens is 2. The Balaban J connectivity index is 1.95. The van der Waals surface area contributed by atoms with Crippen LogP contribution < -0.4 is 5.32 Å². The molecule has 0 saturated heterocycles. The normalized spacial score (nSPS) is 10.5. The van der Waals surface area contributed by atoms with E-state index in [4.69, 9.17) is 0 Å². The van der Waals surface area contributed by atoms with Crippen LogP contribution >= 0.6 is 15.9 Å². The van der Waals surface area contributed by atoms with E-state index in [-0.39, 0.29) is 5.82 Å². The largest absolute Gasteiger partial charge is 0.325 e. The van der Waals surface area contributed by atoms with Gasteiger partial charge in [-0.05, 0) is 46.3 Å². The average molecular weight is 332 g/mol. The van der Waals surface area contributed by atoms with Crippen LogP contribution in [-0.4, -0.2) is 9.55 Å². The highest BCUT2D eigenvalue weighted by Gasteiger charge is 2.07. The standard InChI is InChI=1S/C15H11BrFN3/c16-13-7-6-12(10-14(13)17)20-9-8-18-15(20)19-11-4-2-1-3-5-11/h1-10H,(H,18,19). The van der Waals surface area contributed by atoms with Gasteiger partial charge in [-0.25, -0.2) is 9.37 Å². The third-order valence-electron chi connectivity index (χ3n) is 2.85. The van der Waals surface area contributed by atoms with Crippen molar-refractivity contribution < 1.29 is 4.39 Å². The third-order valence-corrected chi connectivity index (χ3v) is 3.50. The number of hydrogen-bond donors (Lipinski definition) is 1. The topological polar surface area (TPSA) is 29.9 Å². The predicted octanol–water partition coefficient (Wildman–Crippen LogP) is 4.52. The molecule has 0 unspecified atom stereocenters. The summed E-state index contributed by atoms with van der Waals surface area (Å²) in [5.41, 5.74) is 1.64. The SMILES string of the molecule is Fc1cc(-n2ccnc2Nc2ccccc2)ccc1Br. The lowest BCUT2D eigenvalue weighted by Gasteiger charge is -2.10. The van der Waals surface area contributed by atoms with Gasteiger partial charge in [-0.3, -0.25) is 4.57 Å². The first kappa shape index (κ1) is 12.9. The lowest BCUT2D eigenvalue weighted by molar-refractivity contribution is 0.620. The van der Waals surface area contributed by atoms with Crippen molar-refractivity contribution in [2.45, 2.75) is 0 Å². The number of hydrogen-bond acceptors (Lipinski definition) is 2. The van der Waals surface area contributed by atoms with Gasteiger partial charge >= 0.3 is 0 Å². The van der Waals surface area contributed by atoms with Crippen molar-refractivity contribution >= 4 is 27.6 Å². The number of nitrogens with zero attached hydrogens (tertiary/aromatic N) is 2. The van der Waals surface area contributed by atoms with Crippen LogP contribution in [0.2, 0.25) is 0 Å². The zero-order chi connectivity index (χ0) is 13.9. The molecular weight excluding hydrogens is 321 g/mol. The molecule has 0 bridgehead atoms. The Labute approximate surface area is 124 Å². The van der Waals surface area contributed by atoms with Crippen LogP contribution in [0.4, 0.5) is 16.0 Å². The monoisotopic (exact) mass is 331 g/mol. The van der Waals surface area contributed by atoms with Gasteiger partial charge in [-0.2, -0.15) is 0 Å². The summed E-state index contributed by atoms with van der Waals surface area (Å²) < 4.78 is 15.9. The van der Waals surface area contributed by atoms with Gasteiger partial charge in [-0.1, -0.05) is 18.2 Å². The smallest absolute Gasteiger partial charge is 0.212 e. The maximum absolute atomic E-state index is 13.6. The molecule has 100 valence electrons. The number of rotatable bonds is 3. The summed E-state index contributed by atoms with van der Waals surface area (Å²) in [6.07, 6.45) is 3.46. The van der Waals surface area contributed by atoms with Crippen molar-refractivity contribution in [3.05, 3.63) is 71.2 Å². The number of nitrogens with one attached hydrogen (secondary N) is 1. The fraction of sp³-hybridized carbons (Fsp3) is 0. The van der Waals surface area contributed by atoms with E-state index >= 15 is 0 Å². The van der Waals surface area contributed by atoms with Crippen LogP contribution in [0.15, 0.2) is 65.4 Å². The molecule has 0 saturated carbocycles. The molecule has 5 heteroatoms. The van der Waals surface area contributed by atoms with E-state index in [2.05, 4.69) is 26.2 Å². The molecule has 0 spiro atoms. The van der Waals surface area contributed by atoms with Crippen molar-refractivity contribution in [3.8, 4) is 5.69 Å². The molecule has 3 nitrogen and oxygen atoms in total. The Morgan fingerprint density at radius 3 is 2.65 bits per heavy atom. The molecule has 0 fully saturated rings. The van der Waals surface area contributed by atoms with Gasteiger partial charge < -0.3 is 5.32 Å². The Bertz CT molecular complexity index is 725. The summed E-state index contributed by atoms with van der Waals surface area (Å²) in [4.78, 5) is 4.26. The van der Waals surface area contributed by atoms with E-state index in [0.717, 1.165) is 5.69 Å². The van der Waals surface area contributed by atoms with Crippen molar-refractivity contribution in [1.29, 1.82) is 0 Å². The highest BCUT2D eigenvalue weighted by molar-refractivity contribution is 9.10. The molecule has 1 N–H and O–H groups in total. The van der Waals surface area contributed by atoms with E-state index in [1.165, 1.54) is 6.07 Å². The van der Waals surface area contributed by atoms with E-state index in [1.54, 1.807) is 23.0 Å². The third kappa shape index (κ3) is 2.58. The number of anilines is 2. The second-order valence-corrected chi connectivity index (χ2v) is 5.06. The highest BCUT2D eigenvalue weighted by Crippen LogP contribution is 2.22. The summed E-state index contributed by atoms with van der Waals surface area (Å²) in [6.45, 7) is 0. The van der Waals surface area contributed by atoms with Crippen LogP contribution in [0.1, 0.15) is 0 Å². The van der Waals surface area contributed by atoms with Crippen molar-refractivity contribution in [3.63, 3.8) is 0 Å². The van der Waals surface area contributed by atoms with Crippen LogP contribution in [0.3, 0.4) is 0 Å². The molecule has 20 heavy (non-hydrogen) atoms.